The first-order chi connectivity index (χ1) is 10.2. The van der Waals surface area contributed by atoms with Gasteiger partial charge in [-0.1, -0.05) is 22.9 Å². The Morgan fingerprint density at radius 1 is 1.33 bits per heavy atom. The number of halogens is 1. The van der Waals surface area contributed by atoms with Crippen LogP contribution in [0.3, 0.4) is 0 Å². The monoisotopic (exact) mass is 351 g/mol. The number of ether oxygens (including phenoxy) is 1. The molecule has 0 saturated carbocycles. The molecule has 1 aromatic carbocycles. The predicted molar refractivity (Wildman–Crippen MR) is 88.6 cm³/mol. The first kappa shape index (κ1) is 16.0. The Morgan fingerprint density at radius 2 is 2.10 bits per heavy atom. The van der Waals surface area contributed by atoms with E-state index >= 15 is 0 Å². The number of benzene rings is 1. The van der Waals surface area contributed by atoms with E-state index in [2.05, 4.69) is 46.4 Å². The normalized spacial score (nSPS) is 12.3. The molecule has 0 spiro atoms. The average molecular weight is 352 g/mol. The molecule has 0 fully saturated rings. The van der Waals surface area contributed by atoms with Crippen LogP contribution in [0.2, 0.25) is 0 Å². The molecule has 0 aliphatic carbocycles. The molecule has 0 bridgehead atoms. The molecule has 4 nitrogen and oxygen atoms in total. The van der Waals surface area contributed by atoms with Gasteiger partial charge in [-0.25, -0.2) is 0 Å². The van der Waals surface area contributed by atoms with Gasteiger partial charge in [0, 0.05) is 22.3 Å². The number of hydrogen-bond donors (Lipinski definition) is 1. The molecule has 1 heterocycles. The SMILES string of the molecule is CCCNC(C)c1cnn(CCOc2ccc(Br)cc2)c1. The first-order valence-electron chi connectivity index (χ1n) is 7.33. The van der Waals surface area contributed by atoms with Crippen molar-refractivity contribution in [2.75, 3.05) is 13.2 Å². The number of nitrogens with one attached hydrogen (secondary N) is 1. The van der Waals surface area contributed by atoms with Crippen LogP contribution in [0.15, 0.2) is 41.1 Å². The lowest BCUT2D eigenvalue weighted by Gasteiger charge is -2.10. The lowest BCUT2D eigenvalue weighted by Crippen LogP contribution is -2.18. The van der Waals surface area contributed by atoms with Crippen LogP contribution in [0.5, 0.6) is 5.75 Å². The van der Waals surface area contributed by atoms with E-state index < -0.39 is 0 Å². The van der Waals surface area contributed by atoms with Crippen molar-refractivity contribution in [2.45, 2.75) is 32.9 Å². The third kappa shape index (κ3) is 5.17. The van der Waals surface area contributed by atoms with Crippen molar-refractivity contribution in [2.24, 2.45) is 0 Å². The largest absolute Gasteiger partial charge is 0.492 e. The fourth-order valence-corrected chi connectivity index (χ4v) is 2.26. The summed E-state index contributed by atoms with van der Waals surface area (Å²) in [4.78, 5) is 0. The Labute approximate surface area is 134 Å². The van der Waals surface area contributed by atoms with Crippen LogP contribution in [-0.2, 0) is 6.54 Å². The summed E-state index contributed by atoms with van der Waals surface area (Å²) in [5.74, 6) is 0.878. The van der Waals surface area contributed by atoms with Gasteiger partial charge < -0.3 is 10.1 Å². The highest BCUT2D eigenvalue weighted by Gasteiger charge is 2.06. The summed E-state index contributed by atoms with van der Waals surface area (Å²) in [5.41, 5.74) is 1.21. The van der Waals surface area contributed by atoms with Gasteiger partial charge in [0.1, 0.15) is 12.4 Å². The molecule has 0 aliphatic heterocycles. The molecule has 21 heavy (non-hydrogen) atoms. The van der Waals surface area contributed by atoms with Crippen LogP contribution in [0.25, 0.3) is 0 Å². The Kier molecular flexibility index (Phi) is 6.26. The lowest BCUT2D eigenvalue weighted by molar-refractivity contribution is 0.291. The van der Waals surface area contributed by atoms with Crippen LogP contribution in [0.1, 0.15) is 31.9 Å². The van der Waals surface area contributed by atoms with E-state index in [1.165, 1.54) is 5.56 Å². The molecular formula is C16H22BrN3O. The van der Waals surface area contributed by atoms with Gasteiger partial charge in [-0.15, -0.1) is 0 Å². The van der Waals surface area contributed by atoms with Crippen molar-refractivity contribution >= 4 is 15.9 Å². The quantitative estimate of drug-likeness (QED) is 0.786. The minimum absolute atomic E-state index is 0.339. The van der Waals surface area contributed by atoms with Crippen LogP contribution in [0, 0.1) is 0 Å². The Balaban J connectivity index is 1.78. The lowest BCUT2D eigenvalue weighted by atomic mass is 10.2. The molecule has 1 atom stereocenters. The van der Waals surface area contributed by atoms with Crippen molar-refractivity contribution < 1.29 is 4.74 Å². The van der Waals surface area contributed by atoms with E-state index in [9.17, 15) is 0 Å². The summed E-state index contributed by atoms with van der Waals surface area (Å²) in [6, 6.07) is 8.20. The maximum absolute atomic E-state index is 5.70. The molecule has 0 saturated heterocycles. The second kappa shape index (κ2) is 8.20. The molecule has 2 rings (SSSR count). The molecule has 0 amide bonds. The van der Waals surface area contributed by atoms with Crippen molar-refractivity contribution in [3.63, 3.8) is 0 Å². The fourth-order valence-electron chi connectivity index (χ4n) is 1.99. The van der Waals surface area contributed by atoms with Gasteiger partial charge in [0.2, 0.25) is 0 Å². The number of aromatic nitrogens is 2. The number of hydrogen-bond acceptors (Lipinski definition) is 3. The van der Waals surface area contributed by atoms with E-state index in [0.29, 0.717) is 12.6 Å². The van der Waals surface area contributed by atoms with Crippen LogP contribution in [-0.4, -0.2) is 22.9 Å². The first-order valence-corrected chi connectivity index (χ1v) is 8.12. The molecule has 0 radical (unpaired) electrons. The van der Waals surface area contributed by atoms with Crippen molar-refractivity contribution in [1.29, 1.82) is 0 Å². The molecule has 2 aromatic rings. The molecule has 1 unspecified atom stereocenters. The van der Waals surface area contributed by atoms with Crippen LogP contribution in [0.4, 0.5) is 0 Å². The third-order valence-corrected chi connectivity index (χ3v) is 3.79. The Bertz CT molecular complexity index is 539. The molecular weight excluding hydrogens is 330 g/mol. The van der Waals surface area contributed by atoms with Crippen LogP contribution >= 0.6 is 15.9 Å². The second-order valence-corrected chi connectivity index (χ2v) is 5.93. The Morgan fingerprint density at radius 3 is 2.81 bits per heavy atom. The fraction of sp³-hybridized carbons (Fsp3) is 0.438. The zero-order valence-electron chi connectivity index (χ0n) is 12.6. The van der Waals surface area contributed by atoms with Gasteiger partial charge in [0.05, 0.1) is 12.7 Å². The molecule has 114 valence electrons. The summed E-state index contributed by atoms with van der Waals surface area (Å²) in [5, 5.41) is 7.84. The smallest absolute Gasteiger partial charge is 0.119 e. The third-order valence-electron chi connectivity index (χ3n) is 3.26. The van der Waals surface area contributed by atoms with Gasteiger partial charge >= 0.3 is 0 Å². The topological polar surface area (TPSA) is 39.1 Å². The zero-order chi connectivity index (χ0) is 15.1. The van der Waals surface area contributed by atoms with Crippen molar-refractivity contribution in [3.05, 3.63) is 46.7 Å². The van der Waals surface area contributed by atoms with Crippen molar-refractivity contribution in [1.82, 2.24) is 15.1 Å². The van der Waals surface area contributed by atoms with E-state index in [0.717, 1.165) is 29.7 Å². The average Bonchev–Trinajstić information content (AvgIpc) is 2.96. The zero-order valence-corrected chi connectivity index (χ0v) is 14.1. The summed E-state index contributed by atoms with van der Waals surface area (Å²) in [7, 11) is 0. The highest BCUT2D eigenvalue weighted by Crippen LogP contribution is 2.16. The predicted octanol–water partition coefficient (Wildman–Crippen LogP) is 3.79. The van der Waals surface area contributed by atoms with Crippen molar-refractivity contribution in [3.8, 4) is 5.75 Å². The standard InChI is InChI=1S/C16H22BrN3O/c1-3-8-18-13(2)14-11-19-20(12-14)9-10-21-16-6-4-15(17)5-7-16/h4-7,11-13,18H,3,8-10H2,1-2H3. The second-order valence-electron chi connectivity index (χ2n) is 5.01. The van der Waals surface area contributed by atoms with Crippen LogP contribution < -0.4 is 10.1 Å². The number of nitrogens with zero attached hydrogens (tertiary/aromatic N) is 2. The minimum Gasteiger partial charge on any atom is -0.492 e. The Hall–Kier alpha value is -1.33. The van der Waals surface area contributed by atoms with Gasteiger partial charge in [0.15, 0.2) is 0 Å². The van der Waals surface area contributed by atoms with Gasteiger partial charge in [-0.05, 0) is 44.2 Å². The van der Waals surface area contributed by atoms with E-state index in [4.69, 9.17) is 4.74 Å². The van der Waals surface area contributed by atoms with Gasteiger partial charge in [0.25, 0.3) is 0 Å². The summed E-state index contributed by atoms with van der Waals surface area (Å²) in [6.07, 6.45) is 5.14. The molecule has 5 heteroatoms. The number of rotatable bonds is 8. The van der Waals surface area contributed by atoms with E-state index in [1.54, 1.807) is 0 Å². The summed E-state index contributed by atoms with van der Waals surface area (Å²) >= 11 is 3.41. The molecule has 0 aliphatic rings. The van der Waals surface area contributed by atoms with Gasteiger partial charge in [-0.3, -0.25) is 4.68 Å². The minimum atomic E-state index is 0.339. The maximum Gasteiger partial charge on any atom is 0.119 e. The highest BCUT2D eigenvalue weighted by molar-refractivity contribution is 9.10. The molecule has 1 N–H and O–H groups in total. The maximum atomic E-state index is 5.70. The summed E-state index contributed by atoms with van der Waals surface area (Å²) in [6.45, 7) is 6.72. The van der Waals surface area contributed by atoms with E-state index in [1.807, 2.05) is 35.1 Å². The van der Waals surface area contributed by atoms with E-state index in [-0.39, 0.29) is 0 Å². The summed E-state index contributed by atoms with van der Waals surface area (Å²) < 4.78 is 8.69. The van der Waals surface area contributed by atoms with Gasteiger partial charge in [-0.2, -0.15) is 5.10 Å². The molecule has 1 aromatic heterocycles. The highest BCUT2D eigenvalue weighted by atomic mass is 79.9.